The lowest BCUT2D eigenvalue weighted by Gasteiger charge is -2.05. The lowest BCUT2D eigenvalue weighted by atomic mass is 10.3. The molecular formula is C11H12N6O. The van der Waals surface area contributed by atoms with Gasteiger partial charge in [0.25, 0.3) is 5.91 Å². The van der Waals surface area contributed by atoms with Crippen LogP contribution in [0.2, 0.25) is 0 Å². The molecule has 0 saturated carbocycles. The van der Waals surface area contributed by atoms with Crippen molar-refractivity contribution < 1.29 is 4.79 Å². The van der Waals surface area contributed by atoms with Crippen LogP contribution in [0.25, 0.3) is 0 Å². The van der Waals surface area contributed by atoms with Gasteiger partial charge in [0.05, 0.1) is 17.9 Å². The van der Waals surface area contributed by atoms with E-state index in [1.165, 1.54) is 6.20 Å². The molecule has 2 rings (SSSR count). The Morgan fingerprint density at radius 2 is 2.22 bits per heavy atom. The number of carbonyl (C=O) groups is 1. The van der Waals surface area contributed by atoms with E-state index in [9.17, 15) is 4.79 Å². The maximum absolute atomic E-state index is 11.8. The summed E-state index contributed by atoms with van der Waals surface area (Å²) in [5.74, 6) is 4.96. The predicted octanol–water partition coefficient (Wildman–Crippen LogP) is 0.0872. The average Bonchev–Trinajstić information content (AvgIpc) is 2.46. The molecule has 1 amide bonds. The Balaban J connectivity index is 1.99. The van der Waals surface area contributed by atoms with Crippen LogP contribution in [0.15, 0.2) is 36.7 Å². The third-order valence-electron chi connectivity index (χ3n) is 2.22. The zero-order valence-electron chi connectivity index (χ0n) is 9.50. The second-order valence-electron chi connectivity index (χ2n) is 3.47. The van der Waals surface area contributed by atoms with E-state index in [0.717, 1.165) is 0 Å². The van der Waals surface area contributed by atoms with Crippen molar-refractivity contribution in [3.05, 3.63) is 48.0 Å². The summed E-state index contributed by atoms with van der Waals surface area (Å²) in [5, 5.41) is 10.3. The number of hydrazine groups is 1. The number of nitrogens with zero attached hydrogens (tertiary/aromatic N) is 3. The summed E-state index contributed by atoms with van der Waals surface area (Å²) < 4.78 is 0. The van der Waals surface area contributed by atoms with Gasteiger partial charge in [0.2, 0.25) is 0 Å². The Labute approximate surface area is 103 Å². The third kappa shape index (κ3) is 2.98. The molecule has 2 aromatic heterocycles. The van der Waals surface area contributed by atoms with Crippen LogP contribution >= 0.6 is 0 Å². The van der Waals surface area contributed by atoms with Gasteiger partial charge in [-0.3, -0.25) is 15.6 Å². The quantitative estimate of drug-likeness (QED) is 0.520. The van der Waals surface area contributed by atoms with E-state index in [-0.39, 0.29) is 11.6 Å². The number of nitrogens with two attached hydrogens (primary N) is 1. The summed E-state index contributed by atoms with van der Waals surface area (Å²) in [6.45, 7) is 0.300. The van der Waals surface area contributed by atoms with Gasteiger partial charge in [0, 0.05) is 12.4 Å². The van der Waals surface area contributed by atoms with Crippen LogP contribution in [0.5, 0.6) is 0 Å². The summed E-state index contributed by atoms with van der Waals surface area (Å²) >= 11 is 0. The predicted molar refractivity (Wildman–Crippen MR) is 65.2 cm³/mol. The van der Waals surface area contributed by atoms with Crippen LogP contribution in [0.1, 0.15) is 16.2 Å². The van der Waals surface area contributed by atoms with Gasteiger partial charge in [-0.2, -0.15) is 10.2 Å². The number of rotatable bonds is 4. The fourth-order valence-corrected chi connectivity index (χ4v) is 1.33. The molecule has 0 bridgehead atoms. The molecule has 7 nitrogen and oxygen atoms in total. The summed E-state index contributed by atoms with van der Waals surface area (Å²) in [4.78, 5) is 15.8. The number of pyridine rings is 1. The summed E-state index contributed by atoms with van der Waals surface area (Å²) in [6, 6.07) is 6.76. The maximum atomic E-state index is 11.8. The first kappa shape index (κ1) is 11.9. The fraction of sp³-hybridized carbons (Fsp3) is 0.0909. The molecule has 0 unspecified atom stereocenters. The summed E-state index contributed by atoms with van der Waals surface area (Å²) in [6.07, 6.45) is 3.08. The van der Waals surface area contributed by atoms with Gasteiger partial charge in [0.15, 0.2) is 0 Å². The van der Waals surface area contributed by atoms with Crippen LogP contribution < -0.4 is 16.6 Å². The van der Waals surface area contributed by atoms with E-state index >= 15 is 0 Å². The standard InChI is InChI=1S/C11H12N6O/c12-16-8-3-5-13-10(6-8)11(18)14-7-9-2-1-4-15-17-9/h1-6H,7,12H2,(H,13,16)(H,14,18). The molecule has 2 heterocycles. The molecule has 4 N–H and O–H groups in total. The Morgan fingerprint density at radius 3 is 2.94 bits per heavy atom. The van der Waals surface area contributed by atoms with Gasteiger partial charge in [0.1, 0.15) is 5.69 Å². The monoisotopic (exact) mass is 244 g/mol. The van der Waals surface area contributed by atoms with Crippen LogP contribution in [0.4, 0.5) is 5.69 Å². The lowest BCUT2D eigenvalue weighted by molar-refractivity contribution is 0.0945. The molecule has 2 aromatic rings. The second kappa shape index (κ2) is 5.69. The van der Waals surface area contributed by atoms with Gasteiger partial charge in [-0.05, 0) is 24.3 Å². The molecule has 0 aromatic carbocycles. The van der Waals surface area contributed by atoms with Crippen LogP contribution in [0.3, 0.4) is 0 Å². The molecule has 18 heavy (non-hydrogen) atoms. The highest BCUT2D eigenvalue weighted by molar-refractivity contribution is 5.92. The molecule has 0 radical (unpaired) electrons. The van der Waals surface area contributed by atoms with Gasteiger partial charge < -0.3 is 10.7 Å². The highest BCUT2D eigenvalue weighted by atomic mass is 16.1. The molecule has 7 heteroatoms. The SMILES string of the molecule is NNc1ccnc(C(=O)NCc2cccnn2)c1. The van der Waals surface area contributed by atoms with Crippen molar-refractivity contribution in [1.82, 2.24) is 20.5 Å². The van der Waals surface area contributed by atoms with Crippen LogP contribution in [-0.4, -0.2) is 21.1 Å². The Bertz CT molecular complexity index is 530. The molecule has 0 aliphatic carbocycles. The van der Waals surface area contributed by atoms with Crippen molar-refractivity contribution >= 4 is 11.6 Å². The van der Waals surface area contributed by atoms with E-state index in [1.54, 1.807) is 30.5 Å². The molecule has 0 saturated heterocycles. The number of carbonyl (C=O) groups excluding carboxylic acids is 1. The van der Waals surface area contributed by atoms with Crippen molar-refractivity contribution in [3.8, 4) is 0 Å². The minimum absolute atomic E-state index is 0.286. The largest absolute Gasteiger partial charge is 0.345 e. The number of hydrogen-bond acceptors (Lipinski definition) is 6. The second-order valence-corrected chi connectivity index (χ2v) is 3.47. The molecule has 92 valence electrons. The van der Waals surface area contributed by atoms with E-state index in [1.807, 2.05) is 0 Å². The van der Waals surface area contributed by atoms with Gasteiger partial charge in [-0.1, -0.05) is 0 Å². The number of nitrogens with one attached hydrogen (secondary N) is 2. The van der Waals surface area contributed by atoms with Crippen molar-refractivity contribution in [2.45, 2.75) is 6.54 Å². The highest BCUT2D eigenvalue weighted by Crippen LogP contribution is 2.05. The third-order valence-corrected chi connectivity index (χ3v) is 2.22. The van der Waals surface area contributed by atoms with Crippen molar-refractivity contribution in [2.75, 3.05) is 5.43 Å². The van der Waals surface area contributed by atoms with Gasteiger partial charge in [-0.15, -0.1) is 0 Å². The number of amides is 1. The number of hydrogen-bond donors (Lipinski definition) is 3. The van der Waals surface area contributed by atoms with Gasteiger partial charge >= 0.3 is 0 Å². The zero-order chi connectivity index (χ0) is 12.8. The molecule has 0 spiro atoms. The summed E-state index contributed by atoms with van der Waals surface area (Å²) in [7, 11) is 0. The Kier molecular flexibility index (Phi) is 3.77. The van der Waals surface area contributed by atoms with E-state index in [2.05, 4.69) is 25.9 Å². The first-order valence-electron chi connectivity index (χ1n) is 5.27. The van der Waals surface area contributed by atoms with Crippen LogP contribution in [0, 0.1) is 0 Å². The Morgan fingerprint density at radius 1 is 1.33 bits per heavy atom. The molecule has 0 aliphatic heterocycles. The normalized spacial score (nSPS) is 9.83. The zero-order valence-corrected chi connectivity index (χ0v) is 9.50. The van der Waals surface area contributed by atoms with Crippen molar-refractivity contribution in [3.63, 3.8) is 0 Å². The van der Waals surface area contributed by atoms with Crippen molar-refractivity contribution in [2.24, 2.45) is 5.84 Å². The number of nitrogen functional groups attached to an aromatic ring is 1. The van der Waals surface area contributed by atoms with E-state index in [4.69, 9.17) is 5.84 Å². The first-order chi connectivity index (χ1) is 8.79. The molecule has 0 fully saturated rings. The number of aromatic nitrogens is 3. The van der Waals surface area contributed by atoms with Crippen LogP contribution in [-0.2, 0) is 6.54 Å². The average molecular weight is 244 g/mol. The molecule has 0 atom stereocenters. The number of anilines is 1. The van der Waals surface area contributed by atoms with Crippen molar-refractivity contribution in [1.29, 1.82) is 0 Å². The van der Waals surface area contributed by atoms with E-state index in [0.29, 0.717) is 17.9 Å². The lowest BCUT2D eigenvalue weighted by Crippen LogP contribution is -2.24. The fourth-order valence-electron chi connectivity index (χ4n) is 1.33. The first-order valence-corrected chi connectivity index (χ1v) is 5.27. The van der Waals surface area contributed by atoms with E-state index < -0.39 is 0 Å². The smallest absolute Gasteiger partial charge is 0.270 e. The topological polar surface area (TPSA) is 106 Å². The molecule has 0 aliphatic rings. The Hall–Kier alpha value is -2.54. The maximum Gasteiger partial charge on any atom is 0.270 e. The minimum Gasteiger partial charge on any atom is -0.345 e. The van der Waals surface area contributed by atoms with Gasteiger partial charge in [-0.25, -0.2) is 0 Å². The minimum atomic E-state index is -0.294. The summed E-state index contributed by atoms with van der Waals surface area (Å²) in [5.41, 5.74) is 4.04. The molecular weight excluding hydrogens is 232 g/mol. The highest BCUT2D eigenvalue weighted by Gasteiger charge is 2.07.